The molecule has 0 aromatic carbocycles. The maximum Gasteiger partial charge on any atom is 0.303 e. The lowest BCUT2D eigenvalue weighted by atomic mass is 9.86. The highest BCUT2D eigenvalue weighted by atomic mass is 19.3. The number of hydrogen-bond donors (Lipinski definition) is 2. The molecule has 0 aliphatic heterocycles. The Balaban J connectivity index is 2.43. The Morgan fingerprint density at radius 2 is 2.08 bits per heavy atom. The molecule has 0 fully saturated rings. The van der Waals surface area contributed by atoms with Crippen molar-refractivity contribution in [2.24, 2.45) is 11.8 Å². The van der Waals surface area contributed by atoms with Crippen LogP contribution in [0.2, 0.25) is 0 Å². The summed E-state index contributed by atoms with van der Waals surface area (Å²) >= 11 is 0. The van der Waals surface area contributed by atoms with Gasteiger partial charge >= 0.3 is 5.97 Å². The molecule has 26 heavy (non-hydrogen) atoms. The van der Waals surface area contributed by atoms with Crippen LogP contribution < -0.4 is 0 Å². The number of aliphatic carboxylic acids is 1. The highest BCUT2D eigenvalue weighted by Gasteiger charge is 2.39. The lowest BCUT2D eigenvalue weighted by Crippen LogP contribution is -2.34. The smallest absolute Gasteiger partial charge is 0.303 e. The number of hydrogen-bond acceptors (Lipinski definition) is 3. The van der Waals surface area contributed by atoms with Gasteiger partial charge in [-0.1, -0.05) is 31.6 Å². The highest BCUT2D eigenvalue weighted by Crippen LogP contribution is 2.34. The van der Waals surface area contributed by atoms with E-state index in [2.05, 4.69) is 0 Å². The highest BCUT2D eigenvalue weighted by molar-refractivity contribution is 5.94. The molecule has 0 saturated carbocycles. The van der Waals surface area contributed by atoms with E-state index in [1.807, 2.05) is 19.1 Å². The van der Waals surface area contributed by atoms with Crippen molar-refractivity contribution in [3.63, 3.8) is 0 Å². The Morgan fingerprint density at radius 3 is 2.73 bits per heavy atom. The minimum absolute atomic E-state index is 0.0466. The molecule has 0 unspecified atom stereocenters. The molecule has 1 aliphatic rings. The van der Waals surface area contributed by atoms with Gasteiger partial charge in [0, 0.05) is 18.8 Å². The van der Waals surface area contributed by atoms with Gasteiger partial charge in [0.2, 0.25) is 0 Å². The summed E-state index contributed by atoms with van der Waals surface area (Å²) in [7, 11) is 0. The number of carboxylic acid groups (broad SMARTS) is 1. The van der Waals surface area contributed by atoms with Crippen LogP contribution in [0.25, 0.3) is 0 Å². The summed E-state index contributed by atoms with van der Waals surface area (Å²) in [5, 5.41) is 18.4. The first kappa shape index (κ1) is 22.5. The zero-order chi connectivity index (χ0) is 19.6. The van der Waals surface area contributed by atoms with Gasteiger partial charge in [0.15, 0.2) is 5.78 Å². The van der Waals surface area contributed by atoms with Crippen LogP contribution in [-0.4, -0.2) is 34.0 Å². The van der Waals surface area contributed by atoms with Gasteiger partial charge in [-0.05, 0) is 50.5 Å². The number of carboxylic acids is 1. The van der Waals surface area contributed by atoms with Gasteiger partial charge in [-0.25, -0.2) is 8.78 Å². The van der Waals surface area contributed by atoms with Crippen LogP contribution in [-0.2, 0) is 9.59 Å². The van der Waals surface area contributed by atoms with Crippen molar-refractivity contribution in [3.8, 4) is 0 Å². The number of carbonyl (C=O) groups excluding carboxylic acids is 1. The molecule has 6 heteroatoms. The average Bonchev–Trinajstić information content (AvgIpc) is 2.93. The van der Waals surface area contributed by atoms with E-state index < -0.39 is 18.0 Å². The Bertz CT molecular complexity index is 514. The molecule has 1 rings (SSSR count). The fourth-order valence-electron chi connectivity index (χ4n) is 3.16. The monoisotopic (exact) mass is 372 g/mol. The molecule has 148 valence electrons. The number of carbonyl (C=O) groups is 2. The Kier molecular flexibility index (Phi) is 9.70. The van der Waals surface area contributed by atoms with Gasteiger partial charge in [0.25, 0.3) is 5.92 Å². The summed E-state index contributed by atoms with van der Waals surface area (Å²) in [5.74, 6) is -4.41. The van der Waals surface area contributed by atoms with Crippen LogP contribution >= 0.6 is 0 Å². The van der Waals surface area contributed by atoms with E-state index in [4.69, 9.17) is 5.11 Å². The second-order valence-electron chi connectivity index (χ2n) is 6.98. The molecular formula is C20H30F2O4. The predicted octanol–water partition coefficient (Wildman–Crippen LogP) is 4.53. The van der Waals surface area contributed by atoms with E-state index in [1.54, 1.807) is 6.08 Å². The van der Waals surface area contributed by atoms with E-state index in [0.29, 0.717) is 32.1 Å². The summed E-state index contributed by atoms with van der Waals surface area (Å²) in [5.41, 5.74) is 0. The Hall–Kier alpha value is -1.56. The van der Waals surface area contributed by atoms with Gasteiger partial charge < -0.3 is 10.2 Å². The van der Waals surface area contributed by atoms with Crippen LogP contribution in [0.1, 0.15) is 64.7 Å². The summed E-state index contributed by atoms with van der Waals surface area (Å²) in [6, 6.07) is 0. The second kappa shape index (κ2) is 11.2. The van der Waals surface area contributed by atoms with E-state index in [1.165, 1.54) is 6.08 Å². The number of aliphatic hydroxyl groups is 1. The van der Waals surface area contributed by atoms with Crippen molar-refractivity contribution in [2.45, 2.75) is 76.7 Å². The van der Waals surface area contributed by atoms with E-state index in [9.17, 15) is 23.5 Å². The topological polar surface area (TPSA) is 74.6 Å². The quantitative estimate of drug-likeness (QED) is 0.368. The molecule has 0 saturated heterocycles. The van der Waals surface area contributed by atoms with E-state index in [-0.39, 0.29) is 43.3 Å². The zero-order valence-electron chi connectivity index (χ0n) is 15.4. The summed E-state index contributed by atoms with van der Waals surface area (Å²) in [4.78, 5) is 22.4. The zero-order valence-corrected chi connectivity index (χ0v) is 15.4. The standard InChI is InChI=1S/C20H30F2O4/c1-2-3-14-20(21,22)18(24)13-11-16-15(10-12-17(16)23)8-6-4-5-7-9-19(25)26/h4,6,10,12,15-16,18,24H,2-3,5,7-9,11,13-14H2,1H3,(H,25,26)/b6-4-/t15-,16+,18+/m0/s1. The molecule has 0 spiro atoms. The Morgan fingerprint density at radius 1 is 1.35 bits per heavy atom. The Labute approximate surface area is 154 Å². The van der Waals surface area contributed by atoms with Gasteiger partial charge in [-0.2, -0.15) is 0 Å². The first-order valence-electron chi connectivity index (χ1n) is 9.42. The summed E-state index contributed by atoms with van der Waals surface area (Å²) in [6.07, 6.45) is 8.18. The van der Waals surface area contributed by atoms with Crippen LogP contribution in [0.15, 0.2) is 24.3 Å². The molecule has 4 nitrogen and oxygen atoms in total. The lowest BCUT2D eigenvalue weighted by molar-refractivity contribution is -0.137. The third-order valence-corrected chi connectivity index (χ3v) is 4.83. The predicted molar refractivity (Wildman–Crippen MR) is 96.1 cm³/mol. The van der Waals surface area contributed by atoms with Gasteiger partial charge in [-0.15, -0.1) is 0 Å². The van der Waals surface area contributed by atoms with Crippen molar-refractivity contribution in [1.29, 1.82) is 0 Å². The molecule has 0 radical (unpaired) electrons. The maximum absolute atomic E-state index is 13.8. The third kappa shape index (κ3) is 7.77. The number of unbranched alkanes of at least 4 members (excludes halogenated alkanes) is 2. The summed E-state index contributed by atoms with van der Waals surface area (Å²) < 4.78 is 27.7. The molecule has 0 bridgehead atoms. The van der Waals surface area contributed by atoms with Crippen LogP contribution in [0.4, 0.5) is 8.78 Å². The van der Waals surface area contributed by atoms with Crippen LogP contribution in [0, 0.1) is 11.8 Å². The molecule has 1 aliphatic carbocycles. The number of aliphatic hydroxyl groups excluding tert-OH is 1. The third-order valence-electron chi connectivity index (χ3n) is 4.83. The number of halogens is 2. The number of allylic oxidation sites excluding steroid dienone is 4. The van der Waals surface area contributed by atoms with Crippen molar-refractivity contribution in [1.82, 2.24) is 0 Å². The molecular weight excluding hydrogens is 342 g/mol. The molecule has 0 aromatic heterocycles. The number of ketones is 1. The average molecular weight is 372 g/mol. The molecule has 0 amide bonds. The second-order valence-corrected chi connectivity index (χ2v) is 6.98. The van der Waals surface area contributed by atoms with Crippen molar-refractivity contribution in [3.05, 3.63) is 24.3 Å². The largest absolute Gasteiger partial charge is 0.481 e. The molecule has 0 heterocycles. The van der Waals surface area contributed by atoms with Gasteiger partial charge in [0.05, 0.1) is 0 Å². The first-order chi connectivity index (χ1) is 12.3. The minimum atomic E-state index is -3.11. The fourth-order valence-corrected chi connectivity index (χ4v) is 3.16. The minimum Gasteiger partial charge on any atom is -0.481 e. The maximum atomic E-state index is 13.8. The van der Waals surface area contributed by atoms with E-state index >= 15 is 0 Å². The molecule has 2 N–H and O–H groups in total. The summed E-state index contributed by atoms with van der Waals surface area (Å²) in [6.45, 7) is 1.82. The normalized spacial score (nSPS) is 21.6. The molecule has 0 aromatic rings. The van der Waals surface area contributed by atoms with Crippen molar-refractivity contribution in [2.75, 3.05) is 0 Å². The van der Waals surface area contributed by atoms with E-state index in [0.717, 1.165) is 0 Å². The van der Waals surface area contributed by atoms with Crippen molar-refractivity contribution >= 4 is 11.8 Å². The van der Waals surface area contributed by atoms with Crippen LogP contribution in [0.5, 0.6) is 0 Å². The SMILES string of the molecule is CCCCC(F)(F)[C@H](O)CC[C@H]1C(=O)C=C[C@@H]1C/C=C\CCCC(=O)O. The fraction of sp³-hybridized carbons (Fsp3) is 0.700. The van der Waals surface area contributed by atoms with Gasteiger partial charge in [-0.3, -0.25) is 9.59 Å². The molecule has 3 atom stereocenters. The van der Waals surface area contributed by atoms with Gasteiger partial charge in [0.1, 0.15) is 6.10 Å². The number of rotatable bonds is 13. The van der Waals surface area contributed by atoms with Crippen molar-refractivity contribution < 1.29 is 28.6 Å². The lowest BCUT2D eigenvalue weighted by Gasteiger charge is -2.24. The first-order valence-corrected chi connectivity index (χ1v) is 9.42. The number of alkyl halides is 2. The van der Waals surface area contributed by atoms with Crippen LogP contribution in [0.3, 0.4) is 0 Å².